The van der Waals surface area contributed by atoms with E-state index in [2.05, 4.69) is 11.9 Å². The van der Waals surface area contributed by atoms with Crippen LogP contribution >= 0.6 is 11.6 Å². The highest BCUT2D eigenvalue weighted by Gasteiger charge is 2.21. The Morgan fingerprint density at radius 1 is 1.43 bits per heavy atom. The van der Waals surface area contributed by atoms with Crippen LogP contribution in [0.4, 0.5) is 0 Å². The van der Waals surface area contributed by atoms with Crippen LogP contribution in [0.3, 0.4) is 0 Å². The fraction of sp³-hybridized carbons (Fsp3) is 0.600. The maximum atomic E-state index is 9.96. The van der Waals surface area contributed by atoms with Gasteiger partial charge in [-0.25, -0.2) is 0 Å². The summed E-state index contributed by atoms with van der Waals surface area (Å²) < 4.78 is 5.94. The van der Waals surface area contributed by atoms with Gasteiger partial charge in [-0.15, -0.1) is 0 Å². The number of nitrogens with two attached hydrogens (primary N) is 1. The molecule has 6 heteroatoms. The summed E-state index contributed by atoms with van der Waals surface area (Å²) in [5.41, 5.74) is 6.20. The van der Waals surface area contributed by atoms with Crippen molar-refractivity contribution in [3.8, 4) is 5.75 Å². The van der Waals surface area contributed by atoms with Crippen LogP contribution in [0.2, 0.25) is 5.02 Å². The average molecular weight is 315 g/mol. The minimum absolute atomic E-state index is 0.175. The van der Waals surface area contributed by atoms with Crippen molar-refractivity contribution in [2.45, 2.75) is 31.1 Å². The van der Waals surface area contributed by atoms with E-state index in [1.807, 2.05) is 0 Å². The molecule has 5 nitrogen and oxygen atoms in total. The number of ether oxygens (including phenoxy) is 1. The van der Waals surface area contributed by atoms with Crippen LogP contribution in [0.15, 0.2) is 18.2 Å². The molecule has 2 rings (SSSR count). The van der Waals surface area contributed by atoms with Crippen LogP contribution in [0.1, 0.15) is 24.5 Å². The number of piperidine rings is 1. The topological polar surface area (TPSA) is 79.0 Å². The van der Waals surface area contributed by atoms with Gasteiger partial charge < -0.3 is 25.6 Å². The summed E-state index contributed by atoms with van der Waals surface area (Å²) in [6.45, 7) is 1.75. The number of aliphatic hydroxyl groups excluding tert-OH is 2. The molecule has 118 valence electrons. The summed E-state index contributed by atoms with van der Waals surface area (Å²) in [6.07, 6.45) is 1.19. The highest BCUT2D eigenvalue weighted by Crippen LogP contribution is 2.30. The first-order chi connectivity index (χ1) is 10.0. The zero-order chi connectivity index (χ0) is 15.4. The molecule has 0 aliphatic carbocycles. The summed E-state index contributed by atoms with van der Waals surface area (Å²) >= 11 is 6.22. The van der Waals surface area contributed by atoms with Crippen molar-refractivity contribution in [3.63, 3.8) is 0 Å². The van der Waals surface area contributed by atoms with Crippen LogP contribution < -0.4 is 10.5 Å². The Hall–Kier alpha value is -0.850. The first kappa shape index (κ1) is 16.5. The van der Waals surface area contributed by atoms with Crippen molar-refractivity contribution < 1.29 is 14.9 Å². The fourth-order valence-electron chi connectivity index (χ4n) is 2.43. The largest absolute Gasteiger partial charge is 0.489 e. The summed E-state index contributed by atoms with van der Waals surface area (Å²) in [5, 5.41) is 19.4. The number of nitrogens with zero attached hydrogens (tertiary/aromatic N) is 1. The number of halogens is 1. The van der Waals surface area contributed by atoms with E-state index in [9.17, 15) is 5.11 Å². The lowest BCUT2D eigenvalue weighted by Crippen LogP contribution is -2.35. The Labute approximate surface area is 130 Å². The van der Waals surface area contributed by atoms with Gasteiger partial charge in [-0.3, -0.25) is 0 Å². The molecule has 1 aromatic carbocycles. The fourth-order valence-corrected chi connectivity index (χ4v) is 2.66. The van der Waals surface area contributed by atoms with Gasteiger partial charge >= 0.3 is 0 Å². The SMILES string of the molecule is CN1CCC(Oc2ccc([C@@H](O)[C@H](N)CO)cc2Cl)CC1. The van der Waals surface area contributed by atoms with Crippen molar-refractivity contribution in [1.29, 1.82) is 0 Å². The molecule has 1 fully saturated rings. The standard InChI is InChI=1S/C15H23ClN2O3/c1-18-6-4-11(5-7-18)21-14-3-2-10(8-12(14)16)15(20)13(17)9-19/h2-3,8,11,13,15,19-20H,4-7,9,17H2,1H3/t13-,15-/m1/s1. The van der Waals surface area contributed by atoms with Gasteiger partial charge in [-0.05, 0) is 37.6 Å². The summed E-state index contributed by atoms with van der Waals surface area (Å²) in [7, 11) is 2.10. The second kappa shape index (κ2) is 7.42. The Kier molecular flexibility index (Phi) is 5.84. The predicted molar refractivity (Wildman–Crippen MR) is 82.6 cm³/mol. The highest BCUT2D eigenvalue weighted by atomic mass is 35.5. The van der Waals surface area contributed by atoms with E-state index in [1.54, 1.807) is 18.2 Å². The Morgan fingerprint density at radius 3 is 2.67 bits per heavy atom. The Morgan fingerprint density at radius 2 is 2.10 bits per heavy atom. The average Bonchev–Trinajstić information content (AvgIpc) is 2.50. The van der Waals surface area contributed by atoms with Crippen molar-refractivity contribution in [2.24, 2.45) is 5.73 Å². The molecule has 1 heterocycles. The number of hydrogen-bond donors (Lipinski definition) is 3. The third kappa shape index (κ3) is 4.31. The third-order valence-electron chi connectivity index (χ3n) is 3.87. The van der Waals surface area contributed by atoms with E-state index in [-0.39, 0.29) is 12.7 Å². The van der Waals surface area contributed by atoms with Crippen LogP contribution in [0.5, 0.6) is 5.75 Å². The second-order valence-electron chi connectivity index (χ2n) is 5.60. The van der Waals surface area contributed by atoms with Gasteiger partial charge in [0.1, 0.15) is 11.9 Å². The lowest BCUT2D eigenvalue weighted by molar-refractivity contribution is 0.108. The van der Waals surface area contributed by atoms with Crippen LogP contribution in [0, 0.1) is 0 Å². The minimum Gasteiger partial charge on any atom is -0.489 e. The second-order valence-corrected chi connectivity index (χ2v) is 6.01. The number of hydrogen-bond acceptors (Lipinski definition) is 5. The van der Waals surface area contributed by atoms with Gasteiger partial charge in [0.25, 0.3) is 0 Å². The predicted octanol–water partition coefficient (Wildman–Crippen LogP) is 1.17. The van der Waals surface area contributed by atoms with Crippen LogP contribution in [0.25, 0.3) is 0 Å². The minimum atomic E-state index is -0.940. The van der Waals surface area contributed by atoms with E-state index < -0.39 is 12.1 Å². The summed E-state index contributed by atoms with van der Waals surface area (Å²) in [5.74, 6) is 0.625. The molecule has 0 spiro atoms. The van der Waals surface area contributed by atoms with Gasteiger partial charge in [0.2, 0.25) is 0 Å². The zero-order valence-corrected chi connectivity index (χ0v) is 13.0. The van der Waals surface area contributed by atoms with Gasteiger partial charge in [0.15, 0.2) is 0 Å². The van der Waals surface area contributed by atoms with Gasteiger partial charge in [0.05, 0.1) is 23.8 Å². The van der Waals surface area contributed by atoms with Crippen molar-refractivity contribution in [1.82, 2.24) is 4.90 Å². The maximum Gasteiger partial charge on any atom is 0.138 e. The Balaban J connectivity index is 2.02. The highest BCUT2D eigenvalue weighted by molar-refractivity contribution is 6.32. The molecule has 0 unspecified atom stereocenters. The van der Waals surface area contributed by atoms with Gasteiger partial charge in [0, 0.05) is 13.1 Å². The lowest BCUT2D eigenvalue weighted by Gasteiger charge is -2.29. The van der Waals surface area contributed by atoms with E-state index in [0.29, 0.717) is 16.3 Å². The molecular formula is C15H23ClN2O3. The molecule has 1 aliphatic rings. The monoisotopic (exact) mass is 314 g/mol. The molecule has 0 aromatic heterocycles. The molecule has 1 saturated heterocycles. The molecule has 1 aliphatic heterocycles. The van der Waals surface area contributed by atoms with Gasteiger partial charge in [-0.2, -0.15) is 0 Å². The molecule has 0 amide bonds. The number of aliphatic hydroxyl groups is 2. The number of likely N-dealkylation sites (tertiary alicyclic amines) is 1. The Bertz CT molecular complexity index is 464. The van der Waals surface area contributed by atoms with Crippen LogP contribution in [-0.4, -0.2) is 54.0 Å². The normalized spacial score (nSPS) is 20.2. The number of benzene rings is 1. The molecule has 0 saturated carbocycles. The smallest absolute Gasteiger partial charge is 0.138 e. The molecule has 0 bridgehead atoms. The first-order valence-electron chi connectivity index (χ1n) is 7.20. The van der Waals surface area contributed by atoms with E-state index in [4.69, 9.17) is 27.2 Å². The third-order valence-corrected chi connectivity index (χ3v) is 4.17. The first-order valence-corrected chi connectivity index (χ1v) is 7.58. The van der Waals surface area contributed by atoms with Crippen molar-refractivity contribution >= 4 is 11.6 Å². The van der Waals surface area contributed by atoms with Crippen LogP contribution in [-0.2, 0) is 0 Å². The summed E-state index contributed by atoms with van der Waals surface area (Å²) in [6, 6.07) is 4.41. The lowest BCUT2D eigenvalue weighted by atomic mass is 10.0. The quantitative estimate of drug-likeness (QED) is 0.760. The maximum absolute atomic E-state index is 9.96. The van der Waals surface area contributed by atoms with E-state index >= 15 is 0 Å². The zero-order valence-electron chi connectivity index (χ0n) is 12.2. The van der Waals surface area contributed by atoms with Crippen molar-refractivity contribution in [3.05, 3.63) is 28.8 Å². The summed E-state index contributed by atoms with van der Waals surface area (Å²) in [4.78, 5) is 2.28. The molecule has 4 N–H and O–H groups in total. The van der Waals surface area contributed by atoms with E-state index in [0.717, 1.165) is 25.9 Å². The number of rotatable bonds is 5. The van der Waals surface area contributed by atoms with Crippen molar-refractivity contribution in [2.75, 3.05) is 26.7 Å². The molecule has 0 radical (unpaired) electrons. The molecule has 21 heavy (non-hydrogen) atoms. The molecular weight excluding hydrogens is 292 g/mol. The molecule has 1 aromatic rings. The molecule has 2 atom stereocenters. The van der Waals surface area contributed by atoms with E-state index in [1.165, 1.54) is 0 Å². The van der Waals surface area contributed by atoms with Gasteiger partial charge in [-0.1, -0.05) is 17.7 Å².